The van der Waals surface area contributed by atoms with Crippen LogP contribution in [0.2, 0.25) is 0 Å². The van der Waals surface area contributed by atoms with Crippen molar-refractivity contribution in [3.05, 3.63) is 35.4 Å². The molecule has 17 heavy (non-hydrogen) atoms. The molecule has 1 aliphatic heterocycles. The third-order valence-corrected chi connectivity index (χ3v) is 3.67. The maximum absolute atomic E-state index is 5.69. The van der Waals surface area contributed by atoms with Crippen LogP contribution in [0.15, 0.2) is 24.3 Å². The molecule has 0 aromatic heterocycles. The van der Waals surface area contributed by atoms with Crippen molar-refractivity contribution in [2.24, 2.45) is 0 Å². The second-order valence-electron chi connectivity index (χ2n) is 4.93. The van der Waals surface area contributed by atoms with Crippen LogP contribution in [0.3, 0.4) is 0 Å². The average molecular weight is 233 g/mol. The highest BCUT2D eigenvalue weighted by molar-refractivity contribution is 5.25. The highest BCUT2D eigenvalue weighted by Crippen LogP contribution is 2.17. The molecule has 1 aliphatic rings. The lowest BCUT2D eigenvalue weighted by Crippen LogP contribution is -2.38. The summed E-state index contributed by atoms with van der Waals surface area (Å²) >= 11 is 0. The van der Waals surface area contributed by atoms with Crippen molar-refractivity contribution < 1.29 is 4.74 Å². The second-order valence-corrected chi connectivity index (χ2v) is 4.93. The van der Waals surface area contributed by atoms with Crippen molar-refractivity contribution in [3.63, 3.8) is 0 Å². The molecule has 2 rings (SSSR count). The molecule has 2 unspecified atom stereocenters. The largest absolute Gasteiger partial charge is 0.378 e. The minimum absolute atomic E-state index is 0.457. The van der Waals surface area contributed by atoms with Gasteiger partial charge in [0.1, 0.15) is 0 Å². The van der Waals surface area contributed by atoms with Crippen LogP contribution < -0.4 is 5.32 Å². The number of hydrogen-bond acceptors (Lipinski definition) is 2. The Balaban J connectivity index is 1.84. The molecule has 1 saturated heterocycles. The van der Waals surface area contributed by atoms with Gasteiger partial charge >= 0.3 is 0 Å². The van der Waals surface area contributed by atoms with Gasteiger partial charge in [-0.3, -0.25) is 0 Å². The third kappa shape index (κ3) is 3.55. The lowest BCUT2D eigenvalue weighted by molar-refractivity contribution is -0.000323. The summed E-state index contributed by atoms with van der Waals surface area (Å²) < 4.78 is 5.69. The van der Waals surface area contributed by atoms with Gasteiger partial charge in [0.2, 0.25) is 0 Å². The van der Waals surface area contributed by atoms with Gasteiger partial charge in [-0.05, 0) is 37.3 Å². The van der Waals surface area contributed by atoms with E-state index < -0.39 is 0 Å². The van der Waals surface area contributed by atoms with Gasteiger partial charge in [-0.1, -0.05) is 31.2 Å². The summed E-state index contributed by atoms with van der Waals surface area (Å²) in [6.07, 6.45) is 3.88. The van der Waals surface area contributed by atoms with Gasteiger partial charge in [-0.2, -0.15) is 0 Å². The predicted molar refractivity (Wildman–Crippen MR) is 71.1 cm³/mol. The Morgan fingerprint density at radius 3 is 2.94 bits per heavy atom. The Morgan fingerprint density at radius 1 is 1.35 bits per heavy atom. The smallest absolute Gasteiger partial charge is 0.0587 e. The van der Waals surface area contributed by atoms with Gasteiger partial charge in [0, 0.05) is 19.2 Å². The highest BCUT2D eigenvalue weighted by Gasteiger charge is 2.20. The Kier molecular flexibility index (Phi) is 4.57. The second kappa shape index (κ2) is 6.18. The van der Waals surface area contributed by atoms with Crippen molar-refractivity contribution in [2.75, 3.05) is 6.61 Å². The summed E-state index contributed by atoms with van der Waals surface area (Å²) in [5.74, 6) is 0. The van der Waals surface area contributed by atoms with Gasteiger partial charge in [0.05, 0.1) is 6.10 Å². The molecular weight excluding hydrogens is 210 g/mol. The summed E-state index contributed by atoms with van der Waals surface area (Å²) in [7, 11) is 0. The van der Waals surface area contributed by atoms with Gasteiger partial charge in [-0.25, -0.2) is 0 Å². The quantitative estimate of drug-likeness (QED) is 0.863. The first-order chi connectivity index (χ1) is 8.29. The fraction of sp³-hybridized carbons (Fsp3) is 0.600. The van der Waals surface area contributed by atoms with Crippen molar-refractivity contribution in [1.82, 2.24) is 5.32 Å². The summed E-state index contributed by atoms with van der Waals surface area (Å²) in [6.45, 7) is 6.27. The molecule has 0 saturated carbocycles. The number of rotatable bonds is 4. The van der Waals surface area contributed by atoms with Crippen LogP contribution in [0.5, 0.6) is 0 Å². The minimum Gasteiger partial charge on any atom is -0.378 e. The molecule has 2 heteroatoms. The number of benzene rings is 1. The van der Waals surface area contributed by atoms with E-state index in [9.17, 15) is 0 Å². The first-order valence-electron chi connectivity index (χ1n) is 6.69. The lowest BCUT2D eigenvalue weighted by atomic mass is 10.0. The fourth-order valence-electron chi connectivity index (χ4n) is 2.41. The molecule has 0 aliphatic carbocycles. The zero-order chi connectivity index (χ0) is 12.1. The van der Waals surface area contributed by atoms with E-state index in [-0.39, 0.29) is 0 Å². The fourth-order valence-corrected chi connectivity index (χ4v) is 2.41. The van der Waals surface area contributed by atoms with Crippen LogP contribution in [0, 0.1) is 6.92 Å². The van der Waals surface area contributed by atoms with Gasteiger partial charge in [-0.15, -0.1) is 0 Å². The monoisotopic (exact) mass is 233 g/mol. The molecule has 1 aromatic rings. The number of hydrogen-bond donors (Lipinski definition) is 1. The van der Waals surface area contributed by atoms with E-state index >= 15 is 0 Å². The van der Waals surface area contributed by atoms with E-state index in [1.165, 1.54) is 11.1 Å². The van der Waals surface area contributed by atoms with Crippen LogP contribution in [0.25, 0.3) is 0 Å². The third-order valence-electron chi connectivity index (χ3n) is 3.67. The van der Waals surface area contributed by atoms with Crippen LogP contribution in [-0.4, -0.2) is 18.8 Å². The Labute approximate surface area is 104 Å². The molecular formula is C15H23NO. The first-order valence-corrected chi connectivity index (χ1v) is 6.69. The molecule has 94 valence electrons. The van der Waals surface area contributed by atoms with Crippen molar-refractivity contribution >= 4 is 0 Å². The molecule has 0 bridgehead atoms. The van der Waals surface area contributed by atoms with Crippen molar-refractivity contribution in [1.29, 1.82) is 0 Å². The summed E-state index contributed by atoms with van der Waals surface area (Å²) in [5, 5.41) is 3.66. The topological polar surface area (TPSA) is 21.3 Å². The number of nitrogens with one attached hydrogen (secondary N) is 1. The standard InChI is InChI=1S/C15H23NO/c1-3-15-10-14(8-9-17-15)16-11-13-7-5-4-6-12(13)2/h4-7,14-16H,3,8-11H2,1-2H3. The lowest BCUT2D eigenvalue weighted by Gasteiger charge is -2.29. The molecule has 1 aromatic carbocycles. The number of aryl methyl sites for hydroxylation is 1. The minimum atomic E-state index is 0.457. The summed E-state index contributed by atoms with van der Waals surface area (Å²) in [6, 6.07) is 9.21. The molecule has 1 fully saturated rings. The SMILES string of the molecule is CCC1CC(NCc2ccccc2C)CCO1. The Morgan fingerprint density at radius 2 is 2.18 bits per heavy atom. The van der Waals surface area contributed by atoms with Crippen LogP contribution in [0.4, 0.5) is 0 Å². The van der Waals surface area contributed by atoms with E-state index in [1.807, 2.05) is 0 Å². The zero-order valence-corrected chi connectivity index (χ0v) is 10.9. The van der Waals surface area contributed by atoms with Gasteiger partial charge < -0.3 is 10.1 Å². The molecule has 1 heterocycles. The molecule has 2 nitrogen and oxygen atoms in total. The van der Waals surface area contributed by atoms with E-state index in [2.05, 4.69) is 43.4 Å². The van der Waals surface area contributed by atoms with Crippen molar-refractivity contribution in [3.8, 4) is 0 Å². The number of ether oxygens (including phenoxy) is 1. The van der Waals surface area contributed by atoms with Crippen LogP contribution in [-0.2, 0) is 11.3 Å². The zero-order valence-electron chi connectivity index (χ0n) is 10.9. The molecule has 0 amide bonds. The van der Waals surface area contributed by atoms with Gasteiger partial charge in [0.25, 0.3) is 0 Å². The van der Waals surface area contributed by atoms with E-state index in [0.29, 0.717) is 12.1 Å². The normalized spacial score (nSPS) is 24.8. The highest BCUT2D eigenvalue weighted by atomic mass is 16.5. The van der Waals surface area contributed by atoms with Gasteiger partial charge in [0.15, 0.2) is 0 Å². The Bertz CT molecular complexity index is 351. The van der Waals surface area contributed by atoms with Crippen LogP contribution in [0.1, 0.15) is 37.3 Å². The molecule has 0 spiro atoms. The average Bonchev–Trinajstić information content (AvgIpc) is 2.38. The van der Waals surface area contributed by atoms with Crippen molar-refractivity contribution in [2.45, 2.75) is 51.8 Å². The predicted octanol–water partition coefficient (Wildman–Crippen LogP) is 3.04. The maximum atomic E-state index is 5.69. The van der Waals surface area contributed by atoms with E-state index in [4.69, 9.17) is 4.74 Å². The van der Waals surface area contributed by atoms with E-state index in [1.54, 1.807) is 0 Å². The molecule has 1 N–H and O–H groups in total. The van der Waals surface area contributed by atoms with E-state index in [0.717, 1.165) is 32.4 Å². The maximum Gasteiger partial charge on any atom is 0.0587 e. The molecule has 2 atom stereocenters. The molecule has 0 radical (unpaired) electrons. The first kappa shape index (κ1) is 12.6. The summed E-state index contributed by atoms with van der Waals surface area (Å²) in [5.41, 5.74) is 2.78. The summed E-state index contributed by atoms with van der Waals surface area (Å²) in [4.78, 5) is 0. The van der Waals surface area contributed by atoms with Crippen LogP contribution >= 0.6 is 0 Å². The Hall–Kier alpha value is -0.860.